The highest BCUT2D eigenvalue weighted by atomic mass is 16.5. The van der Waals surface area contributed by atoms with E-state index in [1.54, 1.807) is 0 Å². The predicted molar refractivity (Wildman–Crippen MR) is 69.6 cm³/mol. The summed E-state index contributed by atoms with van der Waals surface area (Å²) in [5, 5.41) is 9.66. The van der Waals surface area contributed by atoms with Crippen LogP contribution in [0.1, 0.15) is 0 Å². The van der Waals surface area contributed by atoms with Crippen molar-refractivity contribution >= 4 is 23.6 Å². The summed E-state index contributed by atoms with van der Waals surface area (Å²) >= 11 is 0. The number of hydrogen-bond donors (Lipinski definition) is 1. The fourth-order valence-electron chi connectivity index (χ4n) is 1.80. The van der Waals surface area contributed by atoms with Gasteiger partial charge in [-0.05, 0) is 0 Å². The van der Waals surface area contributed by atoms with E-state index in [0.717, 1.165) is 29.2 Å². The van der Waals surface area contributed by atoms with Crippen molar-refractivity contribution < 1.29 is 33.8 Å². The average Bonchev–Trinajstić information content (AvgIpc) is 2.97. The zero-order chi connectivity index (χ0) is 16.1. The normalized spacial score (nSPS) is 19.0. The Bertz CT molecular complexity index is 519. The van der Waals surface area contributed by atoms with Crippen LogP contribution in [0, 0.1) is 0 Å². The van der Waals surface area contributed by atoms with Crippen molar-refractivity contribution in [1.82, 2.24) is 9.80 Å². The summed E-state index contributed by atoms with van der Waals surface area (Å²) in [5.74, 6) is -2.09. The zero-order valence-corrected chi connectivity index (χ0v) is 11.5. The van der Waals surface area contributed by atoms with E-state index in [1.807, 2.05) is 0 Å². The molecule has 0 aromatic rings. The van der Waals surface area contributed by atoms with E-state index < -0.39 is 29.9 Å². The van der Waals surface area contributed by atoms with Gasteiger partial charge in [-0.1, -0.05) is 0 Å². The van der Waals surface area contributed by atoms with Crippen molar-refractivity contribution in [1.29, 1.82) is 0 Å². The molecule has 9 heteroatoms. The van der Waals surface area contributed by atoms with Gasteiger partial charge in [0.05, 0.1) is 19.8 Å². The van der Waals surface area contributed by atoms with E-state index in [4.69, 9.17) is 9.47 Å². The first-order valence-electron chi connectivity index (χ1n) is 6.43. The third kappa shape index (κ3) is 3.64. The smallest absolute Gasteiger partial charge is 0.255 e. The Morgan fingerprint density at radius 2 is 1.36 bits per heavy atom. The lowest BCUT2D eigenvalue weighted by molar-refractivity contribution is -0.152. The van der Waals surface area contributed by atoms with Crippen molar-refractivity contribution in [2.75, 3.05) is 26.6 Å². The molecule has 4 amide bonds. The van der Waals surface area contributed by atoms with Crippen molar-refractivity contribution in [3.63, 3.8) is 0 Å². The Kier molecular flexibility index (Phi) is 5.15. The summed E-state index contributed by atoms with van der Waals surface area (Å²) < 4.78 is 10.2. The van der Waals surface area contributed by atoms with Crippen LogP contribution in [-0.2, 0) is 28.7 Å². The molecule has 1 atom stereocenters. The van der Waals surface area contributed by atoms with Crippen LogP contribution in [0.2, 0.25) is 0 Å². The van der Waals surface area contributed by atoms with E-state index in [9.17, 15) is 24.3 Å². The fourth-order valence-corrected chi connectivity index (χ4v) is 1.80. The Morgan fingerprint density at radius 3 is 1.95 bits per heavy atom. The summed E-state index contributed by atoms with van der Waals surface area (Å²) in [5.41, 5.74) is 0. The van der Waals surface area contributed by atoms with Gasteiger partial charge in [0, 0.05) is 24.3 Å². The van der Waals surface area contributed by atoms with Gasteiger partial charge < -0.3 is 14.6 Å². The maximum absolute atomic E-state index is 11.3. The Hall–Kier alpha value is -2.36. The molecule has 1 N–H and O–H groups in total. The van der Waals surface area contributed by atoms with Gasteiger partial charge in [0.1, 0.15) is 6.73 Å². The molecule has 1 unspecified atom stereocenters. The van der Waals surface area contributed by atoms with Gasteiger partial charge in [-0.3, -0.25) is 24.1 Å². The third-order valence-electron chi connectivity index (χ3n) is 2.90. The standard InChI is InChI=1S/C13H14N2O7/c16-9-1-2-10(17)14(9)8-22-6-5-21-7-13(20)15-11(18)3-4-12(15)19/h1-4,13,20H,5-8H2. The first-order chi connectivity index (χ1) is 10.5. The van der Waals surface area contributed by atoms with Crippen LogP contribution >= 0.6 is 0 Å². The maximum atomic E-state index is 11.3. The molecule has 9 nitrogen and oxygen atoms in total. The molecule has 2 rings (SSSR count). The molecule has 0 radical (unpaired) electrons. The zero-order valence-electron chi connectivity index (χ0n) is 11.5. The van der Waals surface area contributed by atoms with E-state index in [0.29, 0.717) is 4.90 Å². The summed E-state index contributed by atoms with van der Waals surface area (Å²) in [6, 6.07) is 0. The molecule has 2 heterocycles. The van der Waals surface area contributed by atoms with Gasteiger partial charge >= 0.3 is 0 Å². The highest BCUT2D eigenvalue weighted by Crippen LogP contribution is 2.07. The molecule has 22 heavy (non-hydrogen) atoms. The number of aliphatic hydroxyl groups is 1. The number of carbonyl (C=O) groups excluding carboxylic acids is 4. The number of amides is 4. The van der Waals surface area contributed by atoms with Crippen molar-refractivity contribution in [2.24, 2.45) is 0 Å². The molecule has 2 aliphatic rings. The van der Waals surface area contributed by atoms with Crippen molar-refractivity contribution in [3.8, 4) is 0 Å². The lowest BCUT2D eigenvalue weighted by atomic mass is 10.5. The molecule has 0 saturated carbocycles. The molecule has 0 aromatic carbocycles. The van der Waals surface area contributed by atoms with Crippen LogP contribution in [0.25, 0.3) is 0 Å². The molecule has 0 saturated heterocycles. The van der Waals surface area contributed by atoms with Crippen LogP contribution in [0.3, 0.4) is 0 Å². The van der Waals surface area contributed by atoms with Crippen LogP contribution in [0.5, 0.6) is 0 Å². The highest BCUT2D eigenvalue weighted by Gasteiger charge is 2.29. The quantitative estimate of drug-likeness (QED) is 0.413. The van der Waals surface area contributed by atoms with Gasteiger partial charge in [-0.2, -0.15) is 0 Å². The van der Waals surface area contributed by atoms with Crippen LogP contribution in [0.4, 0.5) is 0 Å². The highest BCUT2D eigenvalue weighted by molar-refractivity contribution is 6.13. The van der Waals surface area contributed by atoms with E-state index in [-0.39, 0.29) is 26.6 Å². The predicted octanol–water partition coefficient (Wildman–Crippen LogP) is -1.85. The minimum atomic E-state index is -1.37. The number of carbonyl (C=O) groups is 4. The second-order valence-corrected chi connectivity index (χ2v) is 4.41. The second kappa shape index (κ2) is 7.07. The summed E-state index contributed by atoms with van der Waals surface area (Å²) in [6.07, 6.45) is 3.05. The topological polar surface area (TPSA) is 113 Å². The number of nitrogens with zero attached hydrogens (tertiary/aromatic N) is 2. The minimum Gasteiger partial charge on any atom is -0.374 e. The first kappa shape index (κ1) is 16.0. The van der Waals surface area contributed by atoms with E-state index >= 15 is 0 Å². The molecule has 0 bridgehead atoms. The summed E-state index contributed by atoms with van der Waals surface area (Å²) in [7, 11) is 0. The van der Waals surface area contributed by atoms with Crippen LogP contribution < -0.4 is 0 Å². The third-order valence-corrected chi connectivity index (χ3v) is 2.90. The monoisotopic (exact) mass is 310 g/mol. The first-order valence-corrected chi connectivity index (χ1v) is 6.43. The van der Waals surface area contributed by atoms with Gasteiger partial charge in [0.25, 0.3) is 23.6 Å². The molecule has 0 spiro atoms. The number of hydrogen-bond acceptors (Lipinski definition) is 7. The SMILES string of the molecule is O=C1C=CC(=O)N1COCCOCC(O)N1C(=O)C=CC1=O. The van der Waals surface area contributed by atoms with E-state index in [1.165, 1.54) is 0 Å². The Morgan fingerprint density at radius 1 is 0.864 bits per heavy atom. The average molecular weight is 310 g/mol. The van der Waals surface area contributed by atoms with Crippen molar-refractivity contribution in [3.05, 3.63) is 24.3 Å². The van der Waals surface area contributed by atoms with Crippen LogP contribution in [0.15, 0.2) is 24.3 Å². The Labute approximate surface area is 125 Å². The molecule has 118 valence electrons. The van der Waals surface area contributed by atoms with Gasteiger partial charge in [-0.25, -0.2) is 4.90 Å². The summed E-state index contributed by atoms with van der Waals surface area (Å²) in [4.78, 5) is 46.5. The molecule has 0 aliphatic carbocycles. The molecule has 0 fully saturated rings. The molecule has 2 aliphatic heterocycles. The molecular formula is C13H14N2O7. The maximum Gasteiger partial charge on any atom is 0.255 e. The van der Waals surface area contributed by atoms with Gasteiger partial charge in [0.15, 0.2) is 6.23 Å². The van der Waals surface area contributed by atoms with E-state index in [2.05, 4.69) is 0 Å². The lowest BCUT2D eigenvalue weighted by Crippen LogP contribution is -2.42. The summed E-state index contributed by atoms with van der Waals surface area (Å²) in [6.45, 7) is -0.316. The van der Waals surface area contributed by atoms with Crippen molar-refractivity contribution in [2.45, 2.75) is 6.23 Å². The lowest BCUT2D eigenvalue weighted by Gasteiger charge is -2.21. The van der Waals surface area contributed by atoms with Crippen LogP contribution in [-0.4, -0.2) is 71.3 Å². The minimum absolute atomic E-state index is 0.0599. The number of rotatable bonds is 8. The number of ether oxygens (including phenoxy) is 2. The molecule has 0 aromatic heterocycles. The Balaban J connectivity index is 1.58. The van der Waals surface area contributed by atoms with Gasteiger partial charge in [0.2, 0.25) is 0 Å². The fraction of sp³-hybridized carbons (Fsp3) is 0.385. The second-order valence-electron chi connectivity index (χ2n) is 4.41. The number of aliphatic hydroxyl groups excluding tert-OH is 1. The largest absolute Gasteiger partial charge is 0.374 e. The number of imide groups is 2. The molecular weight excluding hydrogens is 296 g/mol. The van der Waals surface area contributed by atoms with Gasteiger partial charge in [-0.15, -0.1) is 0 Å².